The van der Waals surface area contributed by atoms with Crippen LogP contribution in [0.4, 0.5) is 0 Å². The third kappa shape index (κ3) is 4.17. The summed E-state index contributed by atoms with van der Waals surface area (Å²) in [5, 5.41) is 9.06. The maximum atomic E-state index is 11.1. The molecule has 0 radical (unpaired) electrons. The van der Waals surface area contributed by atoms with E-state index in [-0.39, 0.29) is 30.3 Å². The molecule has 1 aromatic rings. The van der Waals surface area contributed by atoms with Gasteiger partial charge in [0.05, 0.1) is 20.8 Å². The molecule has 0 aliphatic heterocycles. The predicted molar refractivity (Wildman–Crippen MR) is 66.7 cm³/mol. The van der Waals surface area contributed by atoms with Crippen molar-refractivity contribution in [2.45, 2.75) is 12.8 Å². The number of aromatic carboxylic acids is 1. The Labute approximate surface area is 110 Å². The quantitative estimate of drug-likeness (QED) is 0.599. The Hall–Kier alpha value is -2.24. The van der Waals surface area contributed by atoms with Crippen LogP contribution in [-0.4, -0.2) is 37.9 Å². The van der Waals surface area contributed by atoms with Crippen LogP contribution in [-0.2, 0) is 9.53 Å². The molecular formula is C13H16O6. The fraction of sp³-hybridized carbons (Fsp3) is 0.385. The standard InChI is InChI=1S/C13H16O6/c1-17-10-6-3-5-9(13(15)16)12(10)19-8-4-7-11(14)18-2/h3,5-6H,4,7-8H2,1-2H3,(H,15,16). The molecular weight excluding hydrogens is 252 g/mol. The molecule has 0 saturated heterocycles. The van der Waals surface area contributed by atoms with E-state index in [2.05, 4.69) is 4.74 Å². The SMILES string of the molecule is COC(=O)CCCOc1c(OC)cccc1C(=O)O. The predicted octanol–water partition coefficient (Wildman–Crippen LogP) is 1.73. The summed E-state index contributed by atoms with van der Waals surface area (Å²) in [5.41, 5.74) is 0.0254. The van der Waals surface area contributed by atoms with Crippen molar-refractivity contribution >= 4 is 11.9 Å². The number of carboxylic acids is 1. The van der Waals surface area contributed by atoms with E-state index in [1.807, 2.05) is 0 Å². The van der Waals surface area contributed by atoms with Gasteiger partial charge in [-0.25, -0.2) is 4.79 Å². The second-order valence-electron chi connectivity index (χ2n) is 3.67. The average molecular weight is 268 g/mol. The van der Waals surface area contributed by atoms with Crippen molar-refractivity contribution < 1.29 is 28.9 Å². The number of esters is 1. The number of para-hydroxylation sites is 1. The molecule has 0 spiro atoms. The highest BCUT2D eigenvalue weighted by atomic mass is 16.5. The maximum absolute atomic E-state index is 11.1. The number of hydrogen-bond donors (Lipinski definition) is 1. The lowest BCUT2D eigenvalue weighted by atomic mass is 10.2. The molecule has 0 fully saturated rings. The summed E-state index contributed by atoms with van der Waals surface area (Å²) in [6.45, 7) is 0.204. The minimum absolute atomic E-state index is 0.0254. The number of methoxy groups -OCH3 is 2. The van der Waals surface area contributed by atoms with Crippen LogP contribution in [0.15, 0.2) is 18.2 Å². The van der Waals surface area contributed by atoms with Gasteiger partial charge in [-0.1, -0.05) is 6.07 Å². The molecule has 6 heteroatoms. The van der Waals surface area contributed by atoms with Crippen molar-refractivity contribution in [1.82, 2.24) is 0 Å². The highest BCUT2D eigenvalue weighted by Crippen LogP contribution is 2.31. The van der Waals surface area contributed by atoms with Gasteiger partial charge in [0.25, 0.3) is 0 Å². The van der Waals surface area contributed by atoms with Gasteiger partial charge >= 0.3 is 11.9 Å². The molecule has 0 unspecified atom stereocenters. The van der Waals surface area contributed by atoms with Crippen molar-refractivity contribution in [1.29, 1.82) is 0 Å². The van der Waals surface area contributed by atoms with Crippen molar-refractivity contribution in [3.63, 3.8) is 0 Å². The number of benzene rings is 1. The first-order valence-electron chi connectivity index (χ1n) is 5.70. The highest BCUT2D eigenvalue weighted by molar-refractivity contribution is 5.92. The molecule has 6 nitrogen and oxygen atoms in total. The molecule has 0 aliphatic carbocycles. The second-order valence-corrected chi connectivity index (χ2v) is 3.67. The zero-order valence-electron chi connectivity index (χ0n) is 10.8. The first-order valence-corrected chi connectivity index (χ1v) is 5.70. The van der Waals surface area contributed by atoms with Gasteiger partial charge < -0.3 is 19.3 Å². The topological polar surface area (TPSA) is 82.1 Å². The molecule has 0 bridgehead atoms. The lowest BCUT2D eigenvalue weighted by Gasteiger charge is -2.12. The zero-order valence-corrected chi connectivity index (χ0v) is 10.8. The minimum atomic E-state index is -1.10. The molecule has 0 heterocycles. The maximum Gasteiger partial charge on any atom is 0.339 e. The van der Waals surface area contributed by atoms with Gasteiger partial charge in [0, 0.05) is 6.42 Å². The molecule has 0 atom stereocenters. The van der Waals surface area contributed by atoms with Gasteiger partial charge in [0.15, 0.2) is 11.5 Å². The molecule has 0 aromatic heterocycles. The van der Waals surface area contributed by atoms with E-state index in [4.69, 9.17) is 14.6 Å². The fourth-order valence-corrected chi connectivity index (χ4v) is 1.49. The van der Waals surface area contributed by atoms with Crippen LogP contribution in [0, 0.1) is 0 Å². The summed E-state index contributed by atoms with van der Waals surface area (Å²) < 4.78 is 15.0. The van der Waals surface area contributed by atoms with Crippen LogP contribution in [0.25, 0.3) is 0 Å². The summed E-state index contributed by atoms with van der Waals surface area (Å²) in [4.78, 5) is 22.0. The van der Waals surface area contributed by atoms with E-state index in [0.717, 1.165) is 0 Å². The van der Waals surface area contributed by atoms with Crippen LogP contribution >= 0.6 is 0 Å². The molecule has 1 aromatic carbocycles. The smallest absolute Gasteiger partial charge is 0.339 e. The van der Waals surface area contributed by atoms with Crippen LogP contribution in [0.5, 0.6) is 11.5 Å². The zero-order chi connectivity index (χ0) is 14.3. The average Bonchev–Trinajstić information content (AvgIpc) is 2.42. The Morgan fingerprint density at radius 1 is 1.26 bits per heavy atom. The Kier molecular flexibility index (Phi) is 5.66. The monoisotopic (exact) mass is 268 g/mol. The van der Waals surface area contributed by atoms with Crippen LogP contribution in [0.3, 0.4) is 0 Å². The molecule has 0 saturated carbocycles. The summed E-state index contributed by atoms with van der Waals surface area (Å²) >= 11 is 0. The van der Waals surface area contributed by atoms with Crippen LogP contribution in [0.2, 0.25) is 0 Å². The third-order valence-electron chi connectivity index (χ3n) is 2.43. The lowest BCUT2D eigenvalue weighted by Crippen LogP contribution is -2.08. The number of ether oxygens (including phenoxy) is 3. The Morgan fingerprint density at radius 2 is 2.00 bits per heavy atom. The number of hydrogen-bond acceptors (Lipinski definition) is 5. The van der Waals surface area contributed by atoms with Gasteiger partial charge in [-0.2, -0.15) is 0 Å². The van der Waals surface area contributed by atoms with Crippen molar-refractivity contribution in [3.8, 4) is 11.5 Å². The van der Waals surface area contributed by atoms with E-state index >= 15 is 0 Å². The third-order valence-corrected chi connectivity index (χ3v) is 2.43. The largest absolute Gasteiger partial charge is 0.493 e. The summed E-state index contributed by atoms with van der Waals surface area (Å²) in [6.07, 6.45) is 0.651. The molecule has 19 heavy (non-hydrogen) atoms. The molecule has 0 aliphatic rings. The van der Waals surface area contributed by atoms with E-state index in [0.29, 0.717) is 12.2 Å². The Balaban J connectivity index is 2.70. The van der Waals surface area contributed by atoms with Crippen LogP contribution < -0.4 is 9.47 Å². The number of carboxylic acid groups (broad SMARTS) is 1. The minimum Gasteiger partial charge on any atom is -0.493 e. The van der Waals surface area contributed by atoms with E-state index in [1.54, 1.807) is 12.1 Å². The van der Waals surface area contributed by atoms with Crippen molar-refractivity contribution in [3.05, 3.63) is 23.8 Å². The van der Waals surface area contributed by atoms with Crippen molar-refractivity contribution in [2.24, 2.45) is 0 Å². The molecule has 1 N–H and O–H groups in total. The first kappa shape index (κ1) is 14.8. The molecule has 0 amide bonds. The second kappa shape index (κ2) is 7.25. The van der Waals surface area contributed by atoms with E-state index in [1.165, 1.54) is 20.3 Å². The van der Waals surface area contributed by atoms with Gasteiger partial charge in [-0.3, -0.25) is 4.79 Å². The summed E-state index contributed by atoms with van der Waals surface area (Å²) in [6, 6.07) is 4.62. The lowest BCUT2D eigenvalue weighted by molar-refractivity contribution is -0.140. The summed E-state index contributed by atoms with van der Waals surface area (Å²) in [5.74, 6) is -0.913. The van der Waals surface area contributed by atoms with E-state index in [9.17, 15) is 9.59 Å². The Bertz CT molecular complexity index is 454. The number of rotatable bonds is 7. The number of carbonyl (C=O) groups excluding carboxylic acids is 1. The van der Waals surface area contributed by atoms with Crippen molar-refractivity contribution in [2.75, 3.05) is 20.8 Å². The number of carbonyl (C=O) groups is 2. The van der Waals surface area contributed by atoms with Gasteiger partial charge in [-0.05, 0) is 18.6 Å². The first-order chi connectivity index (χ1) is 9.10. The van der Waals surface area contributed by atoms with Gasteiger partial charge in [0.1, 0.15) is 5.56 Å². The summed E-state index contributed by atoms with van der Waals surface area (Å²) in [7, 11) is 2.74. The molecule has 104 valence electrons. The Morgan fingerprint density at radius 3 is 2.58 bits per heavy atom. The van der Waals surface area contributed by atoms with Gasteiger partial charge in [-0.15, -0.1) is 0 Å². The fourth-order valence-electron chi connectivity index (χ4n) is 1.49. The highest BCUT2D eigenvalue weighted by Gasteiger charge is 2.16. The van der Waals surface area contributed by atoms with Crippen LogP contribution in [0.1, 0.15) is 23.2 Å². The normalized spacial score (nSPS) is 9.79. The van der Waals surface area contributed by atoms with E-state index < -0.39 is 5.97 Å². The molecule has 1 rings (SSSR count). The van der Waals surface area contributed by atoms with Gasteiger partial charge in [0.2, 0.25) is 0 Å².